The molecule has 0 atom stereocenters. The van der Waals surface area contributed by atoms with E-state index < -0.39 is 5.82 Å². The molecular formula is C14H11Br2FN2O. The fourth-order valence-corrected chi connectivity index (χ4v) is 2.67. The Hall–Kier alpha value is -1.40. The molecule has 0 unspecified atom stereocenters. The molecule has 0 spiro atoms. The number of nitrogens with two attached hydrogens (primary N) is 1. The van der Waals surface area contributed by atoms with Gasteiger partial charge >= 0.3 is 0 Å². The standard InChI is InChI=1S/C14H11Br2FN2O/c1-7-4-8(15)2-3-13(7)19-14(20)9-5-12(18)11(17)6-10(9)16/h2-6H,18H2,1H3,(H,19,20). The van der Waals surface area contributed by atoms with Gasteiger partial charge in [-0.15, -0.1) is 0 Å². The molecule has 2 rings (SSSR count). The van der Waals surface area contributed by atoms with Crippen molar-refractivity contribution in [2.45, 2.75) is 6.92 Å². The zero-order valence-electron chi connectivity index (χ0n) is 10.5. The number of benzene rings is 2. The Labute approximate surface area is 132 Å². The fraction of sp³-hybridized carbons (Fsp3) is 0.0714. The molecule has 0 saturated heterocycles. The number of nitrogen functional groups attached to an aromatic ring is 1. The zero-order chi connectivity index (χ0) is 14.9. The number of rotatable bonds is 2. The van der Waals surface area contributed by atoms with Crippen LogP contribution in [0, 0.1) is 12.7 Å². The van der Waals surface area contributed by atoms with Gasteiger partial charge in [0.1, 0.15) is 5.82 Å². The normalized spacial score (nSPS) is 10.4. The van der Waals surface area contributed by atoms with Crippen molar-refractivity contribution in [3.8, 4) is 0 Å². The third-order valence-corrected chi connectivity index (χ3v) is 3.92. The lowest BCUT2D eigenvalue weighted by Gasteiger charge is -2.10. The Balaban J connectivity index is 2.31. The minimum absolute atomic E-state index is 0.0640. The van der Waals surface area contributed by atoms with Gasteiger partial charge in [-0.1, -0.05) is 15.9 Å². The zero-order valence-corrected chi connectivity index (χ0v) is 13.7. The van der Waals surface area contributed by atoms with Gasteiger partial charge in [0.05, 0.1) is 11.3 Å². The van der Waals surface area contributed by atoms with Gasteiger partial charge in [-0.3, -0.25) is 4.79 Å². The van der Waals surface area contributed by atoms with Crippen LogP contribution >= 0.6 is 31.9 Å². The van der Waals surface area contributed by atoms with Crippen molar-refractivity contribution < 1.29 is 9.18 Å². The molecular weight excluding hydrogens is 391 g/mol. The lowest BCUT2D eigenvalue weighted by Crippen LogP contribution is -2.14. The van der Waals surface area contributed by atoms with Crippen LogP contribution in [-0.4, -0.2) is 5.91 Å². The van der Waals surface area contributed by atoms with E-state index in [-0.39, 0.29) is 17.2 Å². The number of halogens is 3. The fourth-order valence-electron chi connectivity index (χ4n) is 1.70. The van der Waals surface area contributed by atoms with E-state index in [4.69, 9.17) is 5.73 Å². The van der Waals surface area contributed by atoms with Gasteiger partial charge in [-0.2, -0.15) is 0 Å². The molecule has 0 aromatic heterocycles. The van der Waals surface area contributed by atoms with Crippen LogP contribution in [0.4, 0.5) is 15.8 Å². The number of anilines is 2. The van der Waals surface area contributed by atoms with E-state index in [0.717, 1.165) is 10.0 Å². The summed E-state index contributed by atoms with van der Waals surface area (Å²) in [5, 5.41) is 2.77. The summed E-state index contributed by atoms with van der Waals surface area (Å²) in [6, 6.07) is 8.00. The number of hydrogen-bond donors (Lipinski definition) is 2. The van der Waals surface area contributed by atoms with Gasteiger partial charge in [-0.25, -0.2) is 4.39 Å². The highest BCUT2D eigenvalue weighted by molar-refractivity contribution is 9.10. The molecule has 3 N–H and O–H groups in total. The SMILES string of the molecule is Cc1cc(Br)ccc1NC(=O)c1cc(N)c(F)cc1Br. The third-order valence-electron chi connectivity index (χ3n) is 2.77. The number of amides is 1. The molecule has 0 aliphatic carbocycles. The Bertz CT molecular complexity index is 689. The first kappa shape index (κ1) is 15.0. The van der Waals surface area contributed by atoms with Crippen molar-refractivity contribution in [1.29, 1.82) is 0 Å². The lowest BCUT2D eigenvalue weighted by molar-refractivity contribution is 0.102. The quantitative estimate of drug-likeness (QED) is 0.728. The van der Waals surface area contributed by atoms with Crippen LogP contribution in [0.25, 0.3) is 0 Å². The average molecular weight is 402 g/mol. The Morgan fingerprint density at radius 2 is 1.95 bits per heavy atom. The molecule has 0 saturated carbocycles. The number of nitrogens with one attached hydrogen (secondary N) is 1. The molecule has 0 bridgehead atoms. The molecule has 6 heteroatoms. The van der Waals surface area contributed by atoms with Crippen LogP contribution in [-0.2, 0) is 0 Å². The van der Waals surface area contributed by atoms with E-state index in [2.05, 4.69) is 37.2 Å². The molecule has 3 nitrogen and oxygen atoms in total. The van der Waals surface area contributed by atoms with Crippen molar-refractivity contribution in [2.75, 3.05) is 11.1 Å². The summed E-state index contributed by atoms with van der Waals surface area (Å²) < 4.78 is 14.6. The molecule has 0 heterocycles. The van der Waals surface area contributed by atoms with Gasteiger partial charge in [0.15, 0.2) is 0 Å². The molecule has 0 aliphatic rings. The topological polar surface area (TPSA) is 55.1 Å². The minimum Gasteiger partial charge on any atom is -0.396 e. The van der Waals surface area contributed by atoms with Gasteiger partial charge in [0.25, 0.3) is 5.91 Å². The Morgan fingerprint density at radius 3 is 2.60 bits per heavy atom. The predicted octanol–water partition coefficient (Wildman–Crippen LogP) is 4.49. The molecule has 2 aromatic carbocycles. The largest absolute Gasteiger partial charge is 0.396 e. The van der Waals surface area contributed by atoms with E-state index in [1.807, 2.05) is 19.1 Å². The van der Waals surface area contributed by atoms with Gasteiger partial charge < -0.3 is 11.1 Å². The van der Waals surface area contributed by atoms with Crippen molar-refractivity contribution in [3.05, 3.63) is 56.2 Å². The number of carbonyl (C=O) groups is 1. The summed E-state index contributed by atoms with van der Waals surface area (Å²) in [5.41, 5.74) is 7.31. The van der Waals surface area contributed by atoms with Crippen molar-refractivity contribution in [3.63, 3.8) is 0 Å². The van der Waals surface area contributed by atoms with Crippen molar-refractivity contribution in [2.24, 2.45) is 0 Å². The molecule has 0 aliphatic heterocycles. The second-order valence-electron chi connectivity index (χ2n) is 4.27. The third kappa shape index (κ3) is 3.19. The van der Waals surface area contributed by atoms with E-state index in [1.54, 1.807) is 6.07 Å². The number of carbonyl (C=O) groups excluding carboxylic acids is 1. The highest BCUT2D eigenvalue weighted by atomic mass is 79.9. The van der Waals surface area contributed by atoms with Gasteiger partial charge in [-0.05, 0) is 58.7 Å². The van der Waals surface area contributed by atoms with Crippen LogP contribution < -0.4 is 11.1 Å². The van der Waals surface area contributed by atoms with E-state index in [1.165, 1.54) is 12.1 Å². The summed E-state index contributed by atoms with van der Waals surface area (Å²) >= 11 is 6.52. The minimum atomic E-state index is -0.562. The van der Waals surface area contributed by atoms with E-state index >= 15 is 0 Å². The van der Waals surface area contributed by atoms with Gasteiger partial charge in [0, 0.05) is 14.6 Å². The molecule has 1 amide bonds. The summed E-state index contributed by atoms with van der Waals surface area (Å²) in [6.45, 7) is 1.88. The maximum Gasteiger partial charge on any atom is 0.256 e. The summed E-state index contributed by atoms with van der Waals surface area (Å²) in [6.07, 6.45) is 0. The first-order valence-corrected chi connectivity index (χ1v) is 7.29. The van der Waals surface area contributed by atoms with Crippen LogP contribution in [0.5, 0.6) is 0 Å². The van der Waals surface area contributed by atoms with Gasteiger partial charge in [0.2, 0.25) is 0 Å². The Morgan fingerprint density at radius 1 is 1.25 bits per heavy atom. The van der Waals surface area contributed by atoms with Crippen molar-refractivity contribution >= 4 is 49.1 Å². The van der Waals surface area contributed by atoms with Crippen LogP contribution in [0.1, 0.15) is 15.9 Å². The molecule has 20 heavy (non-hydrogen) atoms. The summed E-state index contributed by atoms with van der Waals surface area (Å²) in [4.78, 5) is 12.2. The lowest BCUT2D eigenvalue weighted by atomic mass is 10.1. The Kier molecular flexibility index (Phi) is 4.45. The highest BCUT2D eigenvalue weighted by Gasteiger charge is 2.14. The monoisotopic (exact) mass is 400 g/mol. The molecule has 2 aromatic rings. The van der Waals surface area contributed by atoms with Crippen LogP contribution in [0.3, 0.4) is 0 Å². The first-order valence-electron chi connectivity index (χ1n) is 5.70. The molecule has 104 valence electrons. The van der Waals surface area contributed by atoms with Crippen molar-refractivity contribution in [1.82, 2.24) is 0 Å². The maximum absolute atomic E-state index is 13.3. The highest BCUT2D eigenvalue weighted by Crippen LogP contribution is 2.25. The van der Waals surface area contributed by atoms with E-state index in [0.29, 0.717) is 10.2 Å². The summed E-state index contributed by atoms with van der Waals surface area (Å²) in [7, 11) is 0. The smallest absolute Gasteiger partial charge is 0.256 e. The van der Waals surface area contributed by atoms with Crippen LogP contribution in [0.15, 0.2) is 39.3 Å². The summed E-state index contributed by atoms with van der Waals surface area (Å²) in [5.74, 6) is -0.915. The molecule has 0 fully saturated rings. The maximum atomic E-state index is 13.3. The predicted molar refractivity (Wildman–Crippen MR) is 85.3 cm³/mol. The first-order chi connectivity index (χ1) is 9.38. The number of aryl methyl sites for hydroxylation is 1. The number of hydrogen-bond acceptors (Lipinski definition) is 2. The second-order valence-corrected chi connectivity index (χ2v) is 6.04. The average Bonchev–Trinajstić information content (AvgIpc) is 2.37. The second kappa shape index (κ2) is 5.93. The molecule has 0 radical (unpaired) electrons. The van der Waals surface area contributed by atoms with Crippen LogP contribution in [0.2, 0.25) is 0 Å². The van der Waals surface area contributed by atoms with E-state index in [9.17, 15) is 9.18 Å².